The Morgan fingerprint density at radius 3 is 3.10 bits per heavy atom. The highest BCUT2D eigenvalue weighted by Gasteiger charge is 2.18. The molecule has 1 fully saturated rings. The molecule has 1 aliphatic rings. The number of benzene rings is 1. The summed E-state index contributed by atoms with van der Waals surface area (Å²) in [4.78, 5) is 0. The topological polar surface area (TPSA) is 78.9 Å². The first-order valence-corrected chi connectivity index (χ1v) is 7.01. The van der Waals surface area contributed by atoms with Gasteiger partial charge in [0.15, 0.2) is 5.82 Å². The van der Waals surface area contributed by atoms with Gasteiger partial charge in [0.05, 0.1) is 23.9 Å². The van der Waals surface area contributed by atoms with Crippen LogP contribution in [0.1, 0.15) is 12.8 Å². The van der Waals surface area contributed by atoms with Crippen molar-refractivity contribution in [2.24, 2.45) is 5.92 Å². The maximum Gasteiger partial charge on any atom is 0.182 e. The van der Waals surface area contributed by atoms with E-state index in [-0.39, 0.29) is 0 Å². The molecule has 2 N–H and O–H groups in total. The number of anilines is 1. The third kappa shape index (κ3) is 2.76. The molecule has 0 spiro atoms. The van der Waals surface area contributed by atoms with Crippen LogP contribution in [-0.4, -0.2) is 33.4 Å². The van der Waals surface area contributed by atoms with Gasteiger partial charge in [0, 0.05) is 18.1 Å². The van der Waals surface area contributed by atoms with Crippen LogP contribution in [0.3, 0.4) is 0 Å². The number of hydrogen-bond donors (Lipinski definition) is 1. The zero-order valence-electron chi connectivity index (χ0n) is 11.0. The molecule has 20 heavy (non-hydrogen) atoms. The van der Waals surface area contributed by atoms with Crippen molar-refractivity contribution < 1.29 is 4.74 Å². The normalized spacial score (nSPS) is 19.1. The van der Waals surface area contributed by atoms with Crippen LogP contribution < -0.4 is 5.73 Å². The van der Waals surface area contributed by atoms with E-state index in [9.17, 15) is 0 Å². The first-order valence-electron chi connectivity index (χ1n) is 6.63. The molecular weight excluding hydrogens is 278 g/mol. The average molecular weight is 294 g/mol. The Morgan fingerprint density at radius 1 is 1.45 bits per heavy atom. The lowest BCUT2D eigenvalue weighted by molar-refractivity contribution is 0.0470. The Hall–Kier alpha value is -1.66. The molecule has 3 rings (SSSR count). The molecule has 0 bridgehead atoms. The van der Waals surface area contributed by atoms with Gasteiger partial charge in [-0.1, -0.05) is 11.6 Å². The molecule has 0 saturated carbocycles. The van der Waals surface area contributed by atoms with Crippen LogP contribution >= 0.6 is 11.6 Å². The maximum atomic E-state index is 6.05. The van der Waals surface area contributed by atoms with E-state index < -0.39 is 0 Å². The molecule has 1 aromatic carbocycles. The molecule has 0 aliphatic carbocycles. The van der Waals surface area contributed by atoms with Crippen molar-refractivity contribution in [1.82, 2.24) is 20.2 Å². The number of rotatable bonds is 3. The fourth-order valence-electron chi connectivity index (χ4n) is 2.40. The minimum Gasteiger partial charge on any atom is -0.398 e. The second-order valence-electron chi connectivity index (χ2n) is 5.00. The minimum absolute atomic E-state index is 0.454. The fraction of sp³-hybridized carbons (Fsp3) is 0.462. The van der Waals surface area contributed by atoms with Crippen molar-refractivity contribution in [3.63, 3.8) is 0 Å². The van der Waals surface area contributed by atoms with Crippen LogP contribution in [-0.2, 0) is 11.3 Å². The molecule has 1 saturated heterocycles. The zero-order chi connectivity index (χ0) is 13.9. The third-order valence-electron chi connectivity index (χ3n) is 3.48. The average Bonchev–Trinajstić information content (AvgIpc) is 2.91. The summed E-state index contributed by atoms with van der Waals surface area (Å²) in [7, 11) is 0. The molecule has 6 nitrogen and oxygen atoms in total. The lowest BCUT2D eigenvalue weighted by atomic mass is 10.0. The number of aromatic nitrogens is 4. The standard InChI is InChI=1S/C13H16ClN5O/c14-11-6-10(3-4-12(11)15)13-16-17-18-19(13)7-9-2-1-5-20-8-9/h3-4,6,9H,1-2,5,7-8,15H2. The molecule has 0 radical (unpaired) electrons. The van der Waals surface area contributed by atoms with E-state index >= 15 is 0 Å². The van der Waals surface area contributed by atoms with E-state index in [4.69, 9.17) is 22.1 Å². The van der Waals surface area contributed by atoms with Gasteiger partial charge in [0.25, 0.3) is 0 Å². The molecule has 2 aromatic rings. The maximum absolute atomic E-state index is 6.05. The van der Waals surface area contributed by atoms with Crippen LogP contribution in [0.5, 0.6) is 0 Å². The van der Waals surface area contributed by atoms with E-state index in [1.165, 1.54) is 0 Å². The summed E-state index contributed by atoms with van der Waals surface area (Å²) in [5.41, 5.74) is 7.14. The van der Waals surface area contributed by atoms with Crippen LogP contribution in [0.15, 0.2) is 18.2 Å². The van der Waals surface area contributed by atoms with E-state index in [1.54, 1.807) is 16.8 Å². The first kappa shape index (κ1) is 13.3. The van der Waals surface area contributed by atoms with Gasteiger partial charge < -0.3 is 10.5 Å². The number of nitrogen functional groups attached to an aromatic ring is 1. The Labute approximate surface area is 121 Å². The third-order valence-corrected chi connectivity index (χ3v) is 3.80. The highest BCUT2D eigenvalue weighted by Crippen LogP contribution is 2.26. The van der Waals surface area contributed by atoms with Gasteiger partial charge in [-0.2, -0.15) is 0 Å². The van der Waals surface area contributed by atoms with Crippen LogP contribution in [0, 0.1) is 5.92 Å². The van der Waals surface area contributed by atoms with Gasteiger partial charge >= 0.3 is 0 Å². The van der Waals surface area contributed by atoms with E-state index in [0.29, 0.717) is 22.5 Å². The fourth-order valence-corrected chi connectivity index (χ4v) is 2.58. The van der Waals surface area contributed by atoms with Gasteiger partial charge in [0.1, 0.15) is 0 Å². The predicted molar refractivity (Wildman–Crippen MR) is 76.2 cm³/mol. The highest BCUT2D eigenvalue weighted by molar-refractivity contribution is 6.33. The summed E-state index contributed by atoms with van der Waals surface area (Å²) in [6.45, 7) is 2.37. The van der Waals surface area contributed by atoms with Gasteiger partial charge in [0.2, 0.25) is 0 Å². The van der Waals surface area contributed by atoms with Gasteiger partial charge in [-0.15, -0.1) is 5.10 Å². The monoisotopic (exact) mass is 293 g/mol. The second kappa shape index (κ2) is 5.76. The molecule has 0 amide bonds. The summed E-state index contributed by atoms with van der Waals surface area (Å²) in [6, 6.07) is 5.43. The summed E-state index contributed by atoms with van der Waals surface area (Å²) >= 11 is 6.05. The van der Waals surface area contributed by atoms with E-state index in [2.05, 4.69) is 15.5 Å². The summed E-state index contributed by atoms with van der Waals surface area (Å²) in [5.74, 6) is 1.16. The van der Waals surface area contributed by atoms with Crippen molar-refractivity contribution in [2.75, 3.05) is 18.9 Å². The molecule has 1 aliphatic heterocycles. The van der Waals surface area contributed by atoms with Crippen molar-refractivity contribution in [2.45, 2.75) is 19.4 Å². The van der Waals surface area contributed by atoms with Gasteiger partial charge in [-0.05, 0) is 41.5 Å². The number of nitrogens with zero attached hydrogens (tertiary/aromatic N) is 4. The van der Waals surface area contributed by atoms with Crippen LogP contribution in [0.25, 0.3) is 11.4 Å². The second-order valence-corrected chi connectivity index (χ2v) is 5.41. The smallest absolute Gasteiger partial charge is 0.182 e. The summed E-state index contributed by atoms with van der Waals surface area (Å²) in [6.07, 6.45) is 2.23. The van der Waals surface area contributed by atoms with E-state index in [0.717, 1.165) is 38.2 Å². The molecule has 1 atom stereocenters. The van der Waals surface area contributed by atoms with Crippen LogP contribution in [0.4, 0.5) is 5.69 Å². The Balaban J connectivity index is 1.83. The predicted octanol–water partition coefficient (Wildman–Crippen LogP) is 2.00. The largest absolute Gasteiger partial charge is 0.398 e. The number of ether oxygens (including phenoxy) is 1. The van der Waals surface area contributed by atoms with Crippen molar-refractivity contribution in [1.29, 1.82) is 0 Å². The molecule has 1 aromatic heterocycles. The minimum atomic E-state index is 0.454. The number of tetrazole rings is 1. The lowest BCUT2D eigenvalue weighted by Gasteiger charge is -2.21. The summed E-state index contributed by atoms with van der Waals surface area (Å²) < 4.78 is 7.30. The summed E-state index contributed by atoms with van der Waals surface area (Å²) in [5, 5.41) is 12.4. The molecule has 2 heterocycles. The Kier molecular flexibility index (Phi) is 3.84. The molecule has 1 unspecified atom stereocenters. The van der Waals surface area contributed by atoms with Crippen molar-refractivity contribution in [3.8, 4) is 11.4 Å². The van der Waals surface area contributed by atoms with Gasteiger partial charge in [-0.3, -0.25) is 0 Å². The molecular formula is C13H16ClN5O. The Bertz CT molecular complexity index is 594. The highest BCUT2D eigenvalue weighted by atomic mass is 35.5. The number of nitrogens with two attached hydrogens (primary N) is 1. The molecule has 7 heteroatoms. The Morgan fingerprint density at radius 2 is 2.35 bits per heavy atom. The lowest BCUT2D eigenvalue weighted by Crippen LogP contribution is -2.23. The zero-order valence-corrected chi connectivity index (χ0v) is 11.8. The SMILES string of the molecule is Nc1ccc(-c2nnnn2CC2CCCOC2)cc1Cl. The van der Waals surface area contributed by atoms with Crippen molar-refractivity contribution in [3.05, 3.63) is 23.2 Å². The van der Waals surface area contributed by atoms with E-state index in [1.807, 2.05) is 6.07 Å². The first-order chi connectivity index (χ1) is 9.74. The van der Waals surface area contributed by atoms with Gasteiger partial charge in [-0.25, -0.2) is 4.68 Å². The number of hydrogen-bond acceptors (Lipinski definition) is 5. The van der Waals surface area contributed by atoms with Crippen LogP contribution in [0.2, 0.25) is 5.02 Å². The van der Waals surface area contributed by atoms with Crippen molar-refractivity contribution >= 4 is 17.3 Å². The molecule has 106 valence electrons. The quantitative estimate of drug-likeness (QED) is 0.876. The number of halogens is 1.